The Labute approximate surface area is 134 Å². The average Bonchev–Trinajstić information content (AvgIpc) is 2.55. The number of nitrogens with two attached hydrogens (primary N) is 1. The maximum Gasteiger partial charge on any atom is 0.227 e. The maximum atomic E-state index is 13.2. The van der Waals surface area contributed by atoms with E-state index in [4.69, 9.17) is 5.73 Å². The number of nitrogens with zero attached hydrogens (tertiary/aromatic N) is 1. The van der Waals surface area contributed by atoms with E-state index in [2.05, 4.69) is 0 Å². The van der Waals surface area contributed by atoms with Crippen molar-refractivity contribution in [3.05, 3.63) is 71.3 Å². The van der Waals surface area contributed by atoms with Gasteiger partial charge in [-0.1, -0.05) is 36.4 Å². The van der Waals surface area contributed by atoms with Gasteiger partial charge in [0.1, 0.15) is 0 Å². The summed E-state index contributed by atoms with van der Waals surface area (Å²) in [6.45, 7) is 1.34. The Hall–Kier alpha value is -2.27. The van der Waals surface area contributed by atoms with E-state index in [0.29, 0.717) is 25.2 Å². The largest absolute Gasteiger partial charge is 0.341 e. The zero-order valence-electron chi connectivity index (χ0n) is 12.8. The lowest BCUT2D eigenvalue weighted by Crippen LogP contribution is -2.37. The van der Waals surface area contributed by atoms with Crippen LogP contribution in [0.15, 0.2) is 48.5 Å². The van der Waals surface area contributed by atoms with Gasteiger partial charge in [-0.2, -0.15) is 0 Å². The van der Waals surface area contributed by atoms with Crippen molar-refractivity contribution in [2.75, 3.05) is 19.6 Å². The Morgan fingerprint density at radius 2 is 1.70 bits per heavy atom. The van der Waals surface area contributed by atoms with Crippen LogP contribution in [-0.2, 0) is 17.6 Å². The number of halogens is 2. The fourth-order valence-corrected chi connectivity index (χ4v) is 2.36. The molecule has 0 aromatic heterocycles. The van der Waals surface area contributed by atoms with E-state index in [0.717, 1.165) is 24.1 Å². The van der Waals surface area contributed by atoms with Gasteiger partial charge in [0.2, 0.25) is 5.91 Å². The van der Waals surface area contributed by atoms with Crippen LogP contribution in [0.5, 0.6) is 0 Å². The van der Waals surface area contributed by atoms with Crippen LogP contribution in [0.4, 0.5) is 8.78 Å². The summed E-state index contributed by atoms with van der Waals surface area (Å²) in [6.07, 6.45) is 0.760. The number of carbonyl (C=O) groups excluding carboxylic acids is 1. The molecule has 0 radical (unpaired) electrons. The first-order valence-corrected chi connectivity index (χ1v) is 7.56. The summed E-state index contributed by atoms with van der Waals surface area (Å²) in [7, 11) is 0. The second-order valence-corrected chi connectivity index (χ2v) is 5.33. The SMILES string of the molecule is NCCN(CCc1ccccc1)C(=O)Cc1ccc(F)c(F)c1. The Balaban J connectivity index is 1.98. The highest BCUT2D eigenvalue weighted by Gasteiger charge is 2.14. The molecule has 0 aliphatic rings. The summed E-state index contributed by atoms with van der Waals surface area (Å²) in [5, 5.41) is 0. The molecule has 2 rings (SSSR count). The Morgan fingerprint density at radius 1 is 0.957 bits per heavy atom. The molecular weight excluding hydrogens is 298 g/mol. The Bertz CT molecular complexity index is 647. The fourth-order valence-electron chi connectivity index (χ4n) is 2.36. The third kappa shape index (κ3) is 5.14. The van der Waals surface area contributed by atoms with Crippen molar-refractivity contribution in [2.24, 2.45) is 5.73 Å². The lowest BCUT2D eigenvalue weighted by Gasteiger charge is -2.22. The molecule has 0 spiro atoms. The van der Waals surface area contributed by atoms with Crippen molar-refractivity contribution >= 4 is 5.91 Å². The first kappa shape index (κ1) is 17.1. The average molecular weight is 318 g/mol. The van der Waals surface area contributed by atoms with Gasteiger partial charge in [0.05, 0.1) is 6.42 Å². The molecule has 2 aromatic rings. The van der Waals surface area contributed by atoms with E-state index < -0.39 is 11.6 Å². The molecule has 0 aliphatic heterocycles. The Kier molecular flexibility index (Phi) is 6.23. The van der Waals surface area contributed by atoms with Crippen LogP contribution in [-0.4, -0.2) is 30.4 Å². The van der Waals surface area contributed by atoms with E-state index in [1.165, 1.54) is 6.07 Å². The number of rotatable bonds is 7. The number of hydrogen-bond donors (Lipinski definition) is 1. The van der Waals surface area contributed by atoms with Crippen LogP contribution in [0, 0.1) is 11.6 Å². The fraction of sp³-hybridized carbons (Fsp3) is 0.278. The molecule has 0 bridgehead atoms. The standard InChI is InChI=1S/C18H20F2N2O/c19-16-7-6-15(12-17(16)20)13-18(23)22(11-9-21)10-8-14-4-2-1-3-5-14/h1-7,12H,8-11,13,21H2. The molecule has 0 atom stereocenters. The molecule has 0 fully saturated rings. The summed E-state index contributed by atoms with van der Waals surface area (Å²) < 4.78 is 26.2. The molecule has 0 unspecified atom stereocenters. The zero-order chi connectivity index (χ0) is 16.7. The van der Waals surface area contributed by atoms with E-state index in [1.807, 2.05) is 30.3 Å². The van der Waals surface area contributed by atoms with Crippen LogP contribution in [0.1, 0.15) is 11.1 Å². The van der Waals surface area contributed by atoms with Gasteiger partial charge in [-0.05, 0) is 29.7 Å². The molecule has 0 heterocycles. The lowest BCUT2D eigenvalue weighted by atomic mass is 10.1. The van der Waals surface area contributed by atoms with E-state index in [9.17, 15) is 13.6 Å². The van der Waals surface area contributed by atoms with E-state index in [1.54, 1.807) is 4.90 Å². The molecule has 0 saturated heterocycles. The molecular formula is C18H20F2N2O. The van der Waals surface area contributed by atoms with Gasteiger partial charge in [-0.25, -0.2) is 8.78 Å². The molecule has 0 aliphatic carbocycles. The molecule has 2 aromatic carbocycles. The number of hydrogen-bond acceptors (Lipinski definition) is 2. The molecule has 2 N–H and O–H groups in total. The molecule has 0 saturated carbocycles. The van der Waals surface area contributed by atoms with E-state index in [-0.39, 0.29) is 12.3 Å². The minimum absolute atomic E-state index is 0.0337. The molecule has 3 nitrogen and oxygen atoms in total. The van der Waals surface area contributed by atoms with Gasteiger partial charge in [0.25, 0.3) is 0 Å². The second-order valence-electron chi connectivity index (χ2n) is 5.33. The van der Waals surface area contributed by atoms with Crippen molar-refractivity contribution in [3.63, 3.8) is 0 Å². The number of carbonyl (C=O) groups is 1. The lowest BCUT2D eigenvalue weighted by molar-refractivity contribution is -0.130. The minimum Gasteiger partial charge on any atom is -0.341 e. The van der Waals surface area contributed by atoms with Crippen molar-refractivity contribution in [3.8, 4) is 0 Å². The van der Waals surface area contributed by atoms with Gasteiger partial charge in [0.15, 0.2) is 11.6 Å². The van der Waals surface area contributed by atoms with Gasteiger partial charge in [-0.3, -0.25) is 4.79 Å². The molecule has 1 amide bonds. The summed E-state index contributed by atoms with van der Waals surface area (Å²) in [4.78, 5) is 14.0. The predicted molar refractivity (Wildman–Crippen MR) is 85.8 cm³/mol. The van der Waals surface area contributed by atoms with E-state index >= 15 is 0 Å². The number of benzene rings is 2. The van der Waals surface area contributed by atoms with Gasteiger partial charge in [-0.15, -0.1) is 0 Å². The van der Waals surface area contributed by atoms with Crippen molar-refractivity contribution < 1.29 is 13.6 Å². The molecule has 23 heavy (non-hydrogen) atoms. The highest BCUT2D eigenvalue weighted by molar-refractivity contribution is 5.78. The smallest absolute Gasteiger partial charge is 0.227 e. The third-order valence-electron chi connectivity index (χ3n) is 3.60. The van der Waals surface area contributed by atoms with Gasteiger partial charge >= 0.3 is 0 Å². The van der Waals surface area contributed by atoms with Crippen LogP contribution >= 0.6 is 0 Å². The second kappa shape index (κ2) is 8.39. The van der Waals surface area contributed by atoms with Crippen molar-refractivity contribution in [2.45, 2.75) is 12.8 Å². The highest BCUT2D eigenvalue weighted by Crippen LogP contribution is 2.11. The quantitative estimate of drug-likeness (QED) is 0.853. The topological polar surface area (TPSA) is 46.3 Å². The monoisotopic (exact) mass is 318 g/mol. The van der Waals surface area contributed by atoms with Crippen LogP contribution < -0.4 is 5.73 Å². The molecule has 122 valence electrons. The highest BCUT2D eigenvalue weighted by atomic mass is 19.2. The van der Waals surface area contributed by atoms with Gasteiger partial charge < -0.3 is 10.6 Å². The van der Waals surface area contributed by atoms with Crippen molar-refractivity contribution in [1.82, 2.24) is 4.90 Å². The third-order valence-corrected chi connectivity index (χ3v) is 3.60. The molecule has 5 heteroatoms. The summed E-state index contributed by atoms with van der Waals surface area (Å²) >= 11 is 0. The first-order valence-electron chi connectivity index (χ1n) is 7.56. The van der Waals surface area contributed by atoms with Gasteiger partial charge in [0, 0.05) is 19.6 Å². The van der Waals surface area contributed by atoms with Crippen LogP contribution in [0.2, 0.25) is 0 Å². The summed E-state index contributed by atoms with van der Waals surface area (Å²) in [5.41, 5.74) is 7.16. The number of amides is 1. The first-order chi connectivity index (χ1) is 11.1. The summed E-state index contributed by atoms with van der Waals surface area (Å²) in [6, 6.07) is 13.4. The zero-order valence-corrected chi connectivity index (χ0v) is 12.8. The predicted octanol–water partition coefficient (Wildman–Crippen LogP) is 2.54. The van der Waals surface area contributed by atoms with Crippen LogP contribution in [0.25, 0.3) is 0 Å². The maximum absolute atomic E-state index is 13.2. The van der Waals surface area contributed by atoms with Crippen molar-refractivity contribution in [1.29, 1.82) is 0 Å². The summed E-state index contributed by atoms with van der Waals surface area (Å²) in [5.74, 6) is -1.99. The van der Waals surface area contributed by atoms with Crippen LogP contribution in [0.3, 0.4) is 0 Å². The minimum atomic E-state index is -0.940. The Morgan fingerprint density at radius 3 is 2.35 bits per heavy atom. The normalized spacial score (nSPS) is 10.6.